The van der Waals surface area contributed by atoms with Crippen molar-refractivity contribution in [3.05, 3.63) is 24.3 Å². The Labute approximate surface area is 124 Å². The van der Waals surface area contributed by atoms with Gasteiger partial charge in [-0.25, -0.2) is 8.42 Å². The molecule has 0 aliphatic rings. The molecule has 0 fully saturated rings. The van der Waals surface area contributed by atoms with Gasteiger partial charge in [0.2, 0.25) is 10.0 Å². The molecule has 7 nitrogen and oxygen atoms in total. The number of ether oxygens (including phenoxy) is 1. The van der Waals surface area contributed by atoms with E-state index in [0.29, 0.717) is 18.0 Å². The lowest BCUT2D eigenvalue weighted by Gasteiger charge is -2.12. The zero-order chi connectivity index (χ0) is 15.9. The van der Waals surface area contributed by atoms with Crippen LogP contribution in [-0.4, -0.2) is 57.4 Å². The average Bonchev–Trinajstić information content (AvgIpc) is 2.38. The van der Waals surface area contributed by atoms with E-state index in [2.05, 4.69) is 4.72 Å². The van der Waals surface area contributed by atoms with Crippen LogP contribution in [0.4, 0.5) is 5.69 Å². The molecule has 118 valence electrons. The van der Waals surface area contributed by atoms with Crippen molar-refractivity contribution < 1.29 is 23.1 Å². The fourth-order valence-electron chi connectivity index (χ4n) is 1.42. The van der Waals surface area contributed by atoms with Crippen molar-refractivity contribution >= 4 is 21.7 Å². The number of sulfonamides is 1. The summed E-state index contributed by atoms with van der Waals surface area (Å²) in [6.07, 6.45) is -0.430. The molecule has 1 rings (SSSR count). The molecular weight excluding hydrogens is 296 g/mol. The lowest BCUT2D eigenvalue weighted by atomic mass is 10.3. The normalized spacial score (nSPS) is 11.4. The average molecular weight is 316 g/mol. The maximum Gasteiger partial charge on any atom is 0.304 e. The van der Waals surface area contributed by atoms with Crippen molar-refractivity contribution in [2.45, 2.75) is 6.42 Å². The van der Waals surface area contributed by atoms with Crippen LogP contribution in [0.3, 0.4) is 0 Å². The SMILES string of the molecule is CN(C)CCOc1ccc(NS(=O)(=O)CCC(=O)O)cc1. The number of carboxylic acids is 1. The molecule has 0 heterocycles. The lowest BCUT2D eigenvalue weighted by Crippen LogP contribution is -2.19. The van der Waals surface area contributed by atoms with Crippen LogP contribution in [0.5, 0.6) is 5.75 Å². The molecule has 0 aliphatic carbocycles. The molecule has 21 heavy (non-hydrogen) atoms. The standard InChI is InChI=1S/C13H20N2O5S/c1-15(2)8-9-20-12-5-3-11(4-6-12)14-21(18,19)10-7-13(16)17/h3-6,14H,7-10H2,1-2H3,(H,16,17). The molecule has 0 bridgehead atoms. The minimum Gasteiger partial charge on any atom is -0.492 e. The number of benzene rings is 1. The Morgan fingerprint density at radius 1 is 1.29 bits per heavy atom. The predicted molar refractivity (Wildman–Crippen MR) is 80.2 cm³/mol. The third-order valence-electron chi connectivity index (χ3n) is 2.52. The number of nitrogens with one attached hydrogen (secondary N) is 1. The molecule has 2 N–H and O–H groups in total. The molecule has 0 aliphatic heterocycles. The van der Waals surface area contributed by atoms with Gasteiger partial charge in [-0.3, -0.25) is 9.52 Å². The van der Waals surface area contributed by atoms with Gasteiger partial charge < -0.3 is 14.7 Å². The summed E-state index contributed by atoms with van der Waals surface area (Å²) in [4.78, 5) is 12.4. The summed E-state index contributed by atoms with van der Waals surface area (Å²) in [5.74, 6) is -0.959. The maximum atomic E-state index is 11.6. The molecule has 1 aromatic carbocycles. The quantitative estimate of drug-likeness (QED) is 0.701. The first-order valence-corrected chi connectivity index (χ1v) is 8.03. The fraction of sp³-hybridized carbons (Fsp3) is 0.462. The number of hydrogen-bond acceptors (Lipinski definition) is 5. The molecule has 0 saturated carbocycles. The number of nitrogens with zero attached hydrogens (tertiary/aromatic N) is 1. The number of carboxylic acid groups (broad SMARTS) is 1. The van der Waals surface area contributed by atoms with Crippen LogP contribution in [0.15, 0.2) is 24.3 Å². The van der Waals surface area contributed by atoms with Gasteiger partial charge in [0, 0.05) is 12.2 Å². The van der Waals surface area contributed by atoms with Gasteiger partial charge in [0.15, 0.2) is 0 Å². The summed E-state index contributed by atoms with van der Waals surface area (Å²) >= 11 is 0. The molecular formula is C13H20N2O5S. The van der Waals surface area contributed by atoms with Gasteiger partial charge >= 0.3 is 5.97 Å². The van der Waals surface area contributed by atoms with E-state index in [0.717, 1.165) is 6.54 Å². The van der Waals surface area contributed by atoms with Crippen LogP contribution in [0.2, 0.25) is 0 Å². The topological polar surface area (TPSA) is 95.9 Å². The van der Waals surface area contributed by atoms with Crippen molar-refractivity contribution in [1.82, 2.24) is 4.90 Å². The van der Waals surface area contributed by atoms with E-state index < -0.39 is 28.2 Å². The van der Waals surface area contributed by atoms with Gasteiger partial charge in [-0.05, 0) is 38.4 Å². The van der Waals surface area contributed by atoms with Crippen molar-refractivity contribution in [3.8, 4) is 5.75 Å². The Morgan fingerprint density at radius 3 is 2.43 bits per heavy atom. The molecule has 0 spiro atoms. The summed E-state index contributed by atoms with van der Waals surface area (Å²) in [5.41, 5.74) is 0.375. The Bertz CT molecular complexity index is 554. The van der Waals surface area contributed by atoms with E-state index in [4.69, 9.17) is 9.84 Å². The zero-order valence-electron chi connectivity index (χ0n) is 12.1. The largest absolute Gasteiger partial charge is 0.492 e. The van der Waals surface area contributed by atoms with Crippen molar-refractivity contribution in [1.29, 1.82) is 0 Å². The molecule has 8 heteroatoms. The van der Waals surface area contributed by atoms with E-state index in [-0.39, 0.29) is 0 Å². The van der Waals surface area contributed by atoms with Gasteiger partial charge in [0.25, 0.3) is 0 Å². The Kier molecular flexibility index (Phi) is 6.44. The van der Waals surface area contributed by atoms with Crippen molar-refractivity contribution in [2.24, 2.45) is 0 Å². The van der Waals surface area contributed by atoms with Crippen LogP contribution < -0.4 is 9.46 Å². The van der Waals surface area contributed by atoms with Crippen LogP contribution in [-0.2, 0) is 14.8 Å². The number of rotatable bonds is 9. The highest BCUT2D eigenvalue weighted by Gasteiger charge is 2.12. The van der Waals surface area contributed by atoms with Gasteiger partial charge in [-0.15, -0.1) is 0 Å². The summed E-state index contributed by atoms with van der Waals surface area (Å²) in [6.45, 7) is 1.32. The molecule has 0 unspecified atom stereocenters. The van der Waals surface area contributed by atoms with E-state index in [1.807, 2.05) is 19.0 Å². The molecule has 0 atom stereocenters. The fourth-order valence-corrected chi connectivity index (χ4v) is 2.46. The summed E-state index contributed by atoms with van der Waals surface area (Å²) in [6, 6.07) is 6.46. The third-order valence-corrected chi connectivity index (χ3v) is 3.81. The van der Waals surface area contributed by atoms with Gasteiger partial charge in [-0.2, -0.15) is 0 Å². The highest BCUT2D eigenvalue weighted by Crippen LogP contribution is 2.17. The van der Waals surface area contributed by atoms with Crippen LogP contribution in [0.25, 0.3) is 0 Å². The van der Waals surface area contributed by atoms with Gasteiger partial charge in [-0.1, -0.05) is 0 Å². The smallest absolute Gasteiger partial charge is 0.304 e. The zero-order valence-corrected chi connectivity index (χ0v) is 12.9. The number of aliphatic carboxylic acids is 1. The maximum absolute atomic E-state index is 11.6. The molecule has 0 aromatic heterocycles. The van der Waals surface area contributed by atoms with E-state index in [9.17, 15) is 13.2 Å². The van der Waals surface area contributed by atoms with Crippen LogP contribution in [0.1, 0.15) is 6.42 Å². The molecule has 0 amide bonds. The number of likely N-dealkylation sites (N-methyl/N-ethyl adjacent to an activating group) is 1. The second kappa shape index (κ2) is 7.84. The van der Waals surface area contributed by atoms with Crippen molar-refractivity contribution in [2.75, 3.05) is 37.7 Å². The van der Waals surface area contributed by atoms with E-state index >= 15 is 0 Å². The monoisotopic (exact) mass is 316 g/mol. The summed E-state index contributed by atoms with van der Waals surface area (Å²) in [7, 11) is 0.237. The van der Waals surface area contributed by atoms with Gasteiger partial charge in [0.05, 0.1) is 12.2 Å². The Balaban J connectivity index is 2.52. The minimum atomic E-state index is -3.65. The highest BCUT2D eigenvalue weighted by atomic mass is 32.2. The second-order valence-electron chi connectivity index (χ2n) is 4.74. The minimum absolute atomic E-state index is 0.375. The molecule has 0 radical (unpaired) electrons. The third kappa shape index (κ3) is 7.52. The van der Waals surface area contributed by atoms with Gasteiger partial charge in [0.1, 0.15) is 12.4 Å². The van der Waals surface area contributed by atoms with E-state index in [1.54, 1.807) is 24.3 Å². The molecule has 0 saturated heterocycles. The summed E-state index contributed by atoms with van der Waals surface area (Å²) in [5, 5.41) is 8.49. The predicted octanol–water partition coefficient (Wildman–Crippen LogP) is 0.843. The lowest BCUT2D eigenvalue weighted by molar-refractivity contribution is -0.136. The Hall–Kier alpha value is -1.80. The highest BCUT2D eigenvalue weighted by molar-refractivity contribution is 7.92. The first-order valence-electron chi connectivity index (χ1n) is 6.38. The summed E-state index contributed by atoms with van der Waals surface area (Å²) < 4.78 is 31.1. The molecule has 1 aromatic rings. The van der Waals surface area contributed by atoms with Crippen LogP contribution >= 0.6 is 0 Å². The van der Waals surface area contributed by atoms with Crippen molar-refractivity contribution in [3.63, 3.8) is 0 Å². The second-order valence-corrected chi connectivity index (χ2v) is 6.58. The number of anilines is 1. The Morgan fingerprint density at radius 2 is 1.90 bits per heavy atom. The first kappa shape index (κ1) is 17.3. The number of hydrogen-bond donors (Lipinski definition) is 2. The van der Waals surface area contributed by atoms with Crippen LogP contribution in [0, 0.1) is 0 Å². The van der Waals surface area contributed by atoms with E-state index in [1.165, 1.54) is 0 Å². The number of carbonyl (C=O) groups is 1. The first-order chi connectivity index (χ1) is 9.78.